The van der Waals surface area contributed by atoms with Crippen LogP contribution in [0.5, 0.6) is 5.75 Å². The highest BCUT2D eigenvalue weighted by atomic mass is 16.5. The highest BCUT2D eigenvalue weighted by Gasteiger charge is 2.25. The molecule has 0 aliphatic heterocycles. The fourth-order valence-corrected chi connectivity index (χ4v) is 2.70. The highest BCUT2D eigenvalue weighted by Crippen LogP contribution is 2.28. The molecule has 26 heavy (non-hydrogen) atoms. The lowest BCUT2D eigenvalue weighted by Crippen LogP contribution is -2.40. The van der Waals surface area contributed by atoms with Crippen molar-refractivity contribution in [1.82, 2.24) is 10.2 Å². The zero-order valence-electron chi connectivity index (χ0n) is 15.8. The van der Waals surface area contributed by atoms with Gasteiger partial charge in [0.1, 0.15) is 12.3 Å². The van der Waals surface area contributed by atoms with Crippen LogP contribution in [0.2, 0.25) is 0 Å². The molecule has 0 aliphatic rings. The normalized spacial score (nSPS) is 11.7. The van der Waals surface area contributed by atoms with Crippen LogP contribution in [0.1, 0.15) is 45.7 Å². The summed E-state index contributed by atoms with van der Waals surface area (Å²) < 4.78 is 5.60. The second kappa shape index (κ2) is 10.4. The number of amides is 2. The minimum absolute atomic E-state index is 0.0380. The number of carbonyl (C=O) groups is 3. The van der Waals surface area contributed by atoms with Gasteiger partial charge in [-0.15, -0.1) is 0 Å². The van der Waals surface area contributed by atoms with Crippen molar-refractivity contribution >= 4 is 17.8 Å². The Morgan fingerprint density at radius 1 is 1.23 bits per heavy atom. The summed E-state index contributed by atoms with van der Waals surface area (Å²) in [4.78, 5) is 36.7. The largest absolute Gasteiger partial charge is 0.494 e. The predicted octanol–water partition coefficient (Wildman–Crippen LogP) is 2.22. The molecular weight excluding hydrogens is 336 g/mol. The number of nitrogens with zero attached hydrogens (tertiary/aromatic N) is 1. The Morgan fingerprint density at radius 3 is 2.42 bits per heavy atom. The topological polar surface area (TPSA) is 95.9 Å². The third-order valence-corrected chi connectivity index (χ3v) is 3.61. The van der Waals surface area contributed by atoms with Gasteiger partial charge in [-0.2, -0.15) is 0 Å². The minimum atomic E-state index is -1.07. The van der Waals surface area contributed by atoms with Crippen molar-refractivity contribution in [2.75, 3.05) is 19.7 Å². The van der Waals surface area contributed by atoms with Crippen LogP contribution in [-0.4, -0.2) is 47.5 Å². The third kappa shape index (κ3) is 7.13. The standard InChI is InChI=1S/C19H28N2O5/c1-5-26-17-9-7-6-8-15(17)16(20-14(4)22)10-18(23)21(11-13(2)3)12-19(24)25/h6-9,13,16H,5,10-12H2,1-4H3,(H,20,22)(H,24,25). The molecular formula is C19H28N2O5. The van der Waals surface area contributed by atoms with Gasteiger partial charge in [-0.05, 0) is 18.9 Å². The van der Waals surface area contributed by atoms with Crippen molar-refractivity contribution in [2.45, 2.75) is 40.2 Å². The lowest BCUT2D eigenvalue weighted by molar-refractivity contribution is -0.145. The fourth-order valence-electron chi connectivity index (χ4n) is 2.70. The second-order valence-electron chi connectivity index (χ2n) is 6.49. The zero-order chi connectivity index (χ0) is 19.7. The maximum atomic E-state index is 12.7. The first kappa shape index (κ1) is 21.5. The number of hydrogen-bond donors (Lipinski definition) is 2. The summed E-state index contributed by atoms with van der Waals surface area (Å²) in [6.45, 7) is 7.49. The molecule has 0 saturated carbocycles. The molecule has 1 unspecified atom stereocenters. The van der Waals surface area contributed by atoms with Gasteiger partial charge in [0.25, 0.3) is 0 Å². The van der Waals surface area contributed by atoms with Gasteiger partial charge in [0.15, 0.2) is 0 Å². The SMILES string of the molecule is CCOc1ccccc1C(CC(=O)N(CC(=O)O)CC(C)C)NC(C)=O. The summed E-state index contributed by atoms with van der Waals surface area (Å²) in [7, 11) is 0. The molecule has 144 valence electrons. The Kier molecular flexibility index (Phi) is 8.61. The fraction of sp³-hybridized carbons (Fsp3) is 0.526. The average molecular weight is 364 g/mol. The number of ether oxygens (including phenoxy) is 1. The Hall–Kier alpha value is -2.57. The van der Waals surface area contributed by atoms with Gasteiger partial charge < -0.3 is 20.1 Å². The van der Waals surface area contributed by atoms with E-state index in [1.165, 1.54) is 11.8 Å². The quantitative estimate of drug-likeness (QED) is 0.664. The van der Waals surface area contributed by atoms with Crippen LogP contribution in [0, 0.1) is 5.92 Å². The molecule has 0 saturated heterocycles. The van der Waals surface area contributed by atoms with Crippen molar-refractivity contribution in [1.29, 1.82) is 0 Å². The van der Waals surface area contributed by atoms with Gasteiger partial charge in [-0.3, -0.25) is 14.4 Å². The van der Waals surface area contributed by atoms with Gasteiger partial charge in [-0.25, -0.2) is 0 Å². The maximum absolute atomic E-state index is 12.7. The summed E-state index contributed by atoms with van der Waals surface area (Å²) >= 11 is 0. The number of carbonyl (C=O) groups excluding carboxylic acids is 2. The molecule has 2 N–H and O–H groups in total. The smallest absolute Gasteiger partial charge is 0.323 e. The predicted molar refractivity (Wildman–Crippen MR) is 97.8 cm³/mol. The van der Waals surface area contributed by atoms with Gasteiger partial charge >= 0.3 is 5.97 Å². The molecule has 1 aromatic carbocycles. The summed E-state index contributed by atoms with van der Waals surface area (Å²) in [5.41, 5.74) is 0.692. The molecule has 1 atom stereocenters. The minimum Gasteiger partial charge on any atom is -0.494 e. The van der Waals surface area contributed by atoms with Crippen molar-refractivity contribution in [2.24, 2.45) is 5.92 Å². The van der Waals surface area contributed by atoms with E-state index in [0.29, 0.717) is 24.5 Å². The zero-order valence-corrected chi connectivity index (χ0v) is 15.8. The molecule has 0 heterocycles. The summed E-state index contributed by atoms with van der Waals surface area (Å²) in [5.74, 6) is -0.942. The van der Waals surface area contributed by atoms with E-state index >= 15 is 0 Å². The van der Waals surface area contributed by atoms with Crippen LogP contribution in [-0.2, 0) is 14.4 Å². The molecule has 1 rings (SSSR count). The number of aliphatic carboxylic acids is 1. The Bertz CT molecular complexity index is 630. The van der Waals surface area contributed by atoms with Gasteiger partial charge in [0.05, 0.1) is 19.1 Å². The van der Waals surface area contributed by atoms with Gasteiger partial charge in [0.2, 0.25) is 11.8 Å². The van der Waals surface area contributed by atoms with Crippen LogP contribution in [0.15, 0.2) is 24.3 Å². The van der Waals surface area contributed by atoms with E-state index in [2.05, 4.69) is 5.32 Å². The lowest BCUT2D eigenvalue weighted by atomic mass is 10.0. The average Bonchev–Trinajstić information content (AvgIpc) is 2.53. The van der Waals surface area contributed by atoms with Crippen LogP contribution in [0.25, 0.3) is 0 Å². The number of rotatable bonds is 10. The van der Waals surface area contributed by atoms with E-state index in [4.69, 9.17) is 9.84 Å². The number of benzene rings is 1. The molecule has 7 nitrogen and oxygen atoms in total. The summed E-state index contributed by atoms with van der Waals surface area (Å²) in [5, 5.41) is 11.8. The molecule has 0 aromatic heterocycles. The van der Waals surface area contributed by atoms with Crippen LogP contribution in [0.4, 0.5) is 0 Å². The van der Waals surface area contributed by atoms with E-state index in [-0.39, 0.29) is 30.7 Å². The van der Waals surface area contributed by atoms with E-state index in [1.54, 1.807) is 18.2 Å². The molecule has 0 spiro atoms. The third-order valence-electron chi connectivity index (χ3n) is 3.61. The summed E-state index contributed by atoms with van der Waals surface area (Å²) in [6, 6.07) is 6.60. The van der Waals surface area contributed by atoms with E-state index in [1.807, 2.05) is 26.8 Å². The summed E-state index contributed by atoms with van der Waals surface area (Å²) in [6.07, 6.45) is -0.0380. The van der Waals surface area contributed by atoms with Gasteiger partial charge in [0, 0.05) is 19.0 Å². The first-order valence-electron chi connectivity index (χ1n) is 8.72. The lowest BCUT2D eigenvalue weighted by Gasteiger charge is -2.26. The van der Waals surface area contributed by atoms with Crippen LogP contribution >= 0.6 is 0 Å². The number of hydrogen-bond acceptors (Lipinski definition) is 4. The van der Waals surface area contributed by atoms with E-state index in [9.17, 15) is 14.4 Å². The van der Waals surface area contributed by atoms with E-state index < -0.39 is 12.0 Å². The molecule has 0 aliphatic carbocycles. The van der Waals surface area contributed by atoms with Crippen molar-refractivity contribution in [3.05, 3.63) is 29.8 Å². The molecule has 0 bridgehead atoms. The van der Waals surface area contributed by atoms with Gasteiger partial charge in [-0.1, -0.05) is 32.0 Å². The first-order chi connectivity index (χ1) is 12.2. The highest BCUT2D eigenvalue weighted by molar-refractivity contribution is 5.83. The number of nitrogens with one attached hydrogen (secondary N) is 1. The molecule has 0 radical (unpaired) electrons. The van der Waals surface area contributed by atoms with Crippen molar-refractivity contribution in [3.8, 4) is 5.75 Å². The number of carboxylic acid groups (broad SMARTS) is 1. The first-order valence-corrected chi connectivity index (χ1v) is 8.72. The molecule has 0 fully saturated rings. The Morgan fingerprint density at radius 2 is 1.88 bits per heavy atom. The van der Waals surface area contributed by atoms with Crippen LogP contribution < -0.4 is 10.1 Å². The van der Waals surface area contributed by atoms with Crippen molar-refractivity contribution in [3.63, 3.8) is 0 Å². The molecule has 1 aromatic rings. The molecule has 7 heteroatoms. The Labute approximate surface area is 154 Å². The van der Waals surface area contributed by atoms with E-state index in [0.717, 1.165) is 0 Å². The molecule has 2 amide bonds. The second-order valence-corrected chi connectivity index (χ2v) is 6.49. The van der Waals surface area contributed by atoms with Crippen molar-refractivity contribution < 1.29 is 24.2 Å². The maximum Gasteiger partial charge on any atom is 0.323 e. The Balaban J connectivity index is 3.07. The monoisotopic (exact) mass is 364 g/mol. The van der Waals surface area contributed by atoms with Crippen LogP contribution in [0.3, 0.4) is 0 Å². The number of carboxylic acids is 1. The number of para-hydroxylation sites is 1.